The van der Waals surface area contributed by atoms with Gasteiger partial charge in [0.2, 0.25) is 0 Å². The van der Waals surface area contributed by atoms with E-state index in [0.29, 0.717) is 5.56 Å². The summed E-state index contributed by atoms with van der Waals surface area (Å²) in [5.74, 6) is 0. The van der Waals surface area contributed by atoms with Crippen LogP contribution < -0.4 is 11.3 Å². The molecule has 1 heterocycles. The summed E-state index contributed by atoms with van der Waals surface area (Å²) in [6, 6.07) is 9.66. The first-order valence-electron chi connectivity index (χ1n) is 4.64. The first kappa shape index (κ1) is 9.61. The minimum atomic E-state index is -0.260. The average molecular weight is 201 g/mol. The van der Waals surface area contributed by atoms with Crippen molar-refractivity contribution in [3.05, 3.63) is 58.8 Å². The third kappa shape index (κ3) is 1.94. The zero-order valence-electron chi connectivity index (χ0n) is 8.13. The molecule has 0 radical (unpaired) electrons. The lowest BCUT2D eigenvalue weighted by molar-refractivity contribution is 0.899. The second-order valence-corrected chi connectivity index (χ2v) is 3.15. The largest absolute Gasteiger partial charge is 0.326 e. The molecule has 0 spiro atoms. The van der Waals surface area contributed by atoms with Crippen LogP contribution in [0.1, 0.15) is 5.56 Å². The monoisotopic (exact) mass is 201 g/mol. The number of rotatable bonds is 2. The van der Waals surface area contributed by atoms with Crippen LogP contribution in [0.3, 0.4) is 0 Å². The molecule has 1 aromatic carbocycles. The van der Waals surface area contributed by atoms with Crippen molar-refractivity contribution in [2.75, 3.05) is 0 Å². The van der Waals surface area contributed by atoms with Gasteiger partial charge in [0.05, 0.1) is 0 Å². The standard InChI is InChI=1S/C11H11N3O/c12-6-9-7-14(8-13-11(9)15)10-4-2-1-3-5-10/h1-5,7-8H,6,12H2. The Morgan fingerprint density at radius 3 is 2.67 bits per heavy atom. The molecule has 2 N–H and O–H groups in total. The number of aromatic nitrogens is 2. The van der Waals surface area contributed by atoms with Crippen molar-refractivity contribution < 1.29 is 0 Å². The molecular formula is C11H11N3O. The third-order valence-electron chi connectivity index (χ3n) is 2.14. The van der Waals surface area contributed by atoms with Gasteiger partial charge in [0.15, 0.2) is 0 Å². The predicted octanol–water partition coefficient (Wildman–Crippen LogP) is 0.691. The molecular weight excluding hydrogens is 190 g/mol. The zero-order valence-corrected chi connectivity index (χ0v) is 8.13. The van der Waals surface area contributed by atoms with Gasteiger partial charge < -0.3 is 10.3 Å². The second-order valence-electron chi connectivity index (χ2n) is 3.15. The van der Waals surface area contributed by atoms with E-state index >= 15 is 0 Å². The second kappa shape index (κ2) is 4.06. The Labute approximate surface area is 87.0 Å². The van der Waals surface area contributed by atoms with Crippen LogP contribution in [0.4, 0.5) is 0 Å². The quantitative estimate of drug-likeness (QED) is 0.777. The summed E-state index contributed by atoms with van der Waals surface area (Å²) in [7, 11) is 0. The lowest BCUT2D eigenvalue weighted by Crippen LogP contribution is -2.18. The molecule has 1 aromatic heterocycles. The van der Waals surface area contributed by atoms with Crippen LogP contribution in [0.15, 0.2) is 47.7 Å². The number of benzene rings is 1. The van der Waals surface area contributed by atoms with Crippen LogP contribution >= 0.6 is 0 Å². The molecule has 0 aliphatic carbocycles. The number of hydrogen-bond acceptors (Lipinski definition) is 3. The van der Waals surface area contributed by atoms with Crippen LogP contribution in [0.25, 0.3) is 5.69 Å². The van der Waals surface area contributed by atoms with Crippen LogP contribution in [0.2, 0.25) is 0 Å². The summed E-state index contributed by atoms with van der Waals surface area (Å²) in [6.07, 6.45) is 3.21. The highest BCUT2D eigenvalue weighted by atomic mass is 16.1. The highest BCUT2D eigenvalue weighted by Crippen LogP contribution is 2.05. The van der Waals surface area contributed by atoms with Crippen molar-refractivity contribution in [3.8, 4) is 5.69 Å². The van der Waals surface area contributed by atoms with E-state index in [4.69, 9.17) is 5.73 Å². The highest BCUT2D eigenvalue weighted by molar-refractivity contribution is 5.31. The average Bonchev–Trinajstić information content (AvgIpc) is 2.31. The molecule has 4 heteroatoms. The van der Waals surface area contributed by atoms with Gasteiger partial charge in [-0.2, -0.15) is 4.98 Å². The summed E-state index contributed by atoms with van der Waals surface area (Å²) in [5, 5.41) is 0. The van der Waals surface area contributed by atoms with Crippen LogP contribution in [0.5, 0.6) is 0 Å². The van der Waals surface area contributed by atoms with Crippen molar-refractivity contribution in [1.82, 2.24) is 9.55 Å². The van der Waals surface area contributed by atoms with Crippen molar-refractivity contribution >= 4 is 0 Å². The smallest absolute Gasteiger partial charge is 0.277 e. The van der Waals surface area contributed by atoms with Gasteiger partial charge in [0, 0.05) is 24.0 Å². The molecule has 0 unspecified atom stereocenters. The lowest BCUT2D eigenvalue weighted by atomic mass is 10.3. The molecule has 76 valence electrons. The van der Waals surface area contributed by atoms with E-state index < -0.39 is 0 Å². The Hall–Kier alpha value is -1.94. The van der Waals surface area contributed by atoms with Gasteiger partial charge in [-0.25, -0.2) is 0 Å². The van der Waals surface area contributed by atoms with Gasteiger partial charge in [-0.05, 0) is 12.1 Å². The Kier molecular flexibility index (Phi) is 2.60. The number of nitrogens with zero attached hydrogens (tertiary/aromatic N) is 2. The van der Waals surface area contributed by atoms with E-state index in [-0.39, 0.29) is 12.1 Å². The molecule has 0 saturated carbocycles. The van der Waals surface area contributed by atoms with E-state index in [9.17, 15) is 4.79 Å². The SMILES string of the molecule is NCc1cn(-c2ccccc2)cnc1=O. The molecule has 2 rings (SSSR count). The van der Waals surface area contributed by atoms with E-state index in [2.05, 4.69) is 4.98 Å². The molecule has 0 aliphatic rings. The maximum atomic E-state index is 11.2. The summed E-state index contributed by atoms with van der Waals surface area (Å²) in [6.45, 7) is 0.208. The summed E-state index contributed by atoms with van der Waals surface area (Å²) in [5.41, 5.74) is 6.66. The van der Waals surface area contributed by atoms with Crippen LogP contribution in [-0.4, -0.2) is 9.55 Å². The van der Waals surface area contributed by atoms with Crippen molar-refractivity contribution in [1.29, 1.82) is 0 Å². The van der Waals surface area contributed by atoms with Crippen LogP contribution in [0, 0.1) is 0 Å². The topological polar surface area (TPSA) is 60.9 Å². The van der Waals surface area contributed by atoms with Gasteiger partial charge in [-0.15, -0.1) is 0 Å². The molecule has 0 atom stereocenters. The van der Waals surface area contributed by atoms with E-state index in [1.807, 2.05) is 30.3 Å². The Morgan fingerprint density at radius 2 is 2.00 bits per heavy atom. The fourth-order valence-electron chi connectivity index (χ4n) is 1.34. The van der Waals surface area contributed by atoms with Crippen molar-refractivity contribution in [2.24, 2.45) is 5.73 Å². The molecule has 0 aliphatic heterocycles. The molecule has 2 aromatic rings. The Morgan fingerprint density at radius 1 is 1.27 bits per heavy atom. The first-order chi connectivity index (χ1) is 7.31. The molecule has 0 bridgehead atoms. The van der Waals surface area contributed by atoms with Crippen LogP contribution in [-0.2, 0) is 6.54 Å². The van der Waals surface area contributed by atoms with Gasteiger partial charge in [0.1, 0.15) is 6.33 Å². The van der Waals surface area contributed by atoms with Gasteiger partial charge in [-0.3, -0.25) is 4.79 Å². The molecule has 15 heavy (non-hydrogen) atoms. The van der Waals surface area contributed by atoms with Crippen molar-refractivity contribution in [2.45, 2.75) is 6.54 Å². The van der Waals surface area contributed by atoms with E-state index in [1.54, 1.807) is 10.8 Å². The summed E-state index contributed by atoms with van der Waals surface area (Å²) in [4.78, 5) is 15.0. The Bertz CT molecular complexity index is 505. The zero-order chi connectivity index (χ0) is 10.7. The normalized spacial score (nSPS) is 10.2. The first-order valence-corrected chi connectivity index (χ1v) is 4.64. The molecule has 0 saturated heterocycles. The summed E-state index contributed by atoms with van der Waals surface area (Å²) < 4.78 is 1.78. The fraction of sp³-hybridized carbons (Fsp3) is 0.0909. The fourth-order valence-corrected chi connectivity index (χ4v) is 1.34. The minimum Gasteiger partial charge on any atom is -0.326 e. The number of nitrogens with two attached hydrogens (primary N) is 1. The van der Waals surface area contributed by atoms with Gasteiger partial charge in [-0.1, -0.05) is 18.2 Å². The predicted molar refractivity (Wildman–Crippen MR) is 57.7 cm³/mol. The third-order valence-corrected chi connectivity index (χ3v) is 2.14. The lowest BCUT2D eigenvalue weighted by Gasteiger charge is -2.06. The van der Waals surface area contributed by atoms with E-state index in [1.165, 1.54) is 6.33 Å². The maximum Gasteiger partial charge on any atom is 0.277 e. The number of para-hydroxylation sites is 1. The molecule has 0 fully saturated rings. The highest BCUT2D eigenvalue weighted by Gasteiger charge is 2.00. The summed E-state index contributed by atoms with van der Waals surface area (Å²) >= 11 is 0. The molecule has 4 nitrogen and oxygen atoms in total. The maximum absolute atomic E-state index is 11.2. The van der Waals surface area contributed by atoms with Crippen molar-refractivity contribution in [3.63, 3.8) is 0 Å². The Balaban J connectivity index is 2.51. The van der Waals surface area contributed by atoms with Gasteiger partial charge in [0.25, 0.3) is 5.56 Å². The van der Waals surface area contributed by atoms with E-state index in [0.717, 1.165) is 5.69 Å². The number of hydrogen-bond donors (Lipinski definition) is 1. The minimum absolute atomic E-state index is 0.208. The van der Waals surface area contributed by atoms with Gasteiger partial charge >= 0.3 is 0 Å². The molecule has 0 amide bonds.